The van der Waals surface area contributed by atoms with Crippen LogP contribution in [0.15, 0.2) is 35.1 Å². The number of benzene rings is 1. The van der Waals surface area contributed by atoms with Crippen LogP contribution >= 0.6 is 23.1 Å². The molecule has 0 spiro atoms. The summed E-state index contributed by atoms with van der Waals surface area (Å²) >= 11 is 3.14. The van der Waals surface area contributed by atoms with Crippen molar-refractivity contribution in [3.8, 4) is 0 Å². The first-order valence-electron chi connectivity index (χ1n) is 9.11. The zero-order chi connectivity index (χ0) is 20.6. The predicted molar refractivity (Wildman–Crippen MR) is 117 cm³/mol. The molecule has 0 fully saturated rings. The molecule has 8 nitrogen and oxygen atoms in total. The van der Waals surface area contributed by atoms with E-state index in [2.05, 4.69) is 20.3 Å². The molecule has 0 bridgehead atoms. The monoisotopic (exact) mass is 435 g/mol. The largest absolute Gasteiger partial charge is 0.382 e. The van der Waals surface area contributed by atoms with Gasteiger partial charge in [0.1, 0.15) is 0 Å². The molecule has 0 aliphatic heterocycles. The number of amides is 1. The third kappa shape index (κ3) is 6.25. The number of likely N-dealkylation sites (N-methyl/N-ethyl adjacent to an activating group) is 1. The second-order valence-corrected chi connectivity index (χ2v) is 8.78. The van der Waals surface area contributed by atoms with Crippen LogP contribution in [0, 0.1) is 0 Å². The molecule has 1 amide bonds. The highest BCUT2D eigenvalue weighted by Gasteiger charge is 2.22. The predicted octanol–water partition coefficient (Wildman–Crippen LogP) is 2.84. The number of thioether (sulfide) groups is 1. The molecule has 29 heavy (non-hydrogen) atoms. The van der Waals surface area contributed by atoms with Gasteiger partial charge in [-0.15, -0.1) is 11.3 Å². The fraction of sp³-hybridized carbons (Fsp3) is 0.421. The third-order valence-corrected chi connectivity index (χ3v) is 6.27. The Morgan fingerprint density at radius 1 is 1.38 bits per heavy atom. The molecule has 2 heterocycles. The number of nitrogens with one attached hydrogen (secondary N) is 2. The summed E-state index contributed by atoms with van der Waals surface area (Å²) in [6, 6.07) is 5.47. The van der Waals surface area contributed by atoms with Crippen molar-refractivity contribution >= 4 is 44.9 Å². The van der Waals surface area contributed by atoms with E-state index in [1.165, 1.54) is 0 Å². The number of nitrogens with zero attached hydrogens (tertiary/aromatic N) is 3. The van der Waals surface area contributed by atoms with Crippen molar-refractivity contribution in [1.82, 2.24) is 19.9 Å². The summed E-state index contributed by atoms with van der Waals surface area (Å²) in [6.07, 6.45) is 3.92. The van der Waals surface area contributed by atoms with Crippen molar-refractivity contribution in [2.75, 3.05) is 45.7 Å². The highest BCUT2D eigenvalue weighted by atomic mass is 32.2. The van der Waals surface area contributed by atoms with Crippen LogP contribution in [-0.2, 0) is 20.7 Å². The number of hydrogen-bond donors (Lipinski definition) is 2. The standard InChI is InChI=1S/C19H25N5O3S2/c1-24(2)16(8-14-10-20-11-21-14)18(25)22-13-4-5-15-17(9-13)29-19(23-15)28-12-27-7-6-26-3/h4-5,9-11,16H,6-8,12H2,1-3H3,(H,20,21)(H,22,25). The van der Waals surface area contributed by atoms with E-state index in [4.69, 9.17) is 9.47 Å². The third-order valence-electron chi connectivity index (χ3n) is 4.23. The number of anilines is 1. The number of imidazole rings is 1. The van der Waals surface area contributed by atoms with Crippen LogP contribution in [0.4, 0.5) is 5.69 Å². The molecular formula is C19H25N5O3S2. The van der Waals surface area contributed by atoms with Crippen LogP contribution in [0.3, 0.4) is 0 Å². The first-order valence-corrected chi connectivity index (χ1v) is 10.9. The number of thiazole rings is 1. The van der Waals surface area contributed by atoms with Gasteiger partial charge in [-0.2, -0.15) is 0 Å². The smallest absolute Gasteiger partial charge is 0.242 e. The highest BCUT2D eigenvalue weighted by molar-refractivity contribution is 8.01. The molecule has 0 aliphatic rings. The lowest BCUT2D eigenvalue weighted by atomic mass is 10.1. The minimum atomic E-state index is -0.303. The van der Waals surface area contributed by atoms with Crippen LogP contribution in [0.2, 0.25) is 0 Å². The van der Waals surface area contributed by atoms with Crippen molar-refractivity contribution in [1.29, 1.82) is 0 Å². The Morgan fingerprint density at radius 3 is 2.97 bits per heavy atom. The quantitative estimate of drug-likeness (QED) is 0.272. The molecule has 3 rings (SSSR count). The molecule has 2 N–H and O–H groups in total. The molecule has 3 aromatic rings. The average Bonchev–Trinajstić information content (AvgIpc) is 3.34. The zero-order valence-corrected chi connectivity index (χ0v) is 18.3. The number of carbonyl (C=O) groups is 1. The number of rotatable bonds is 11. The first kappa shape index (κ1) is 21.7. The maximum Gasteiger partial charge on any atom is 0.242 e. The maximum absolute atomic E-state index is 12.8. The normalized spacial score (nSPS) is 12.6. The van der Waals surface area contributed by atoms with E-state index in [0.717, 1.165) is 25.9 Å². The fourth-order valence-corrected chi connectivity index (χ4v) is 4.53. The zero-order valence-electron chi connectivity index (χ0n) is 16.7. The minimum absolute atomic E-state index is 0.0605. The number of ether oxygens (including phenoxy) is 2. The summed E-state index contributed by atoms with van der Waals surface area (Å²) in [7, 11) is 5.44. The Hall–Kier alpha value is -1.98. The maximum atomic E-state index is 12.8. The number of aromatic amines is 1. The minimum Gasteiger partial charge on any atom is -0.382 e. The van der Waals surface area contributed by atoms with E-state index in [1.807, 2.05) is 37.2 Å². The fourth-order valence-electron chi connectivity index (χ4n) is 2.68. The summed E-state index contributed by atoms with van der Waals surface area (Å²) in [5.74, 6) is 0.472. The van der Waals surface area contributed by atoms with E-state index in [1.54, 1.807) is 42.7 Å². The van der Waals surface area contributed by atoms with Gasteiger partial charge in [0.2, 0.25) is 5.91 Å². The number of H-pyrrole nitrogens is 1. The summed E-state index contributed by atoms with van der Waals surface area (Å²) in [5, 5.41) is 3.02. The molecule has 2 aromatic heterocycles. The number of aromatic nitrogens is 3. The van der Waals surface area contributed by atoms with Gasteiger partial charge in [0.25, 0.3) is 0 Å². The van der Waals surface area contributed by atoms with Crippen molar-refractivity contribution < 1.29 is 14.3 Å². The number of methoxy groups -OCH3 is 1. The van der Waals surface area contributed by atoms with Gasteiger partial charge < -0.3 is 19.8 Å². The van der Waals surface area contributed by atoms with E-state index in [-0.39, 0.29) is 11.9 Å². The summed E-state index contributed by atoms with van der Waals surface area (Å²) in [6.45, 7) is 1.15. The van der Waals surface area contributed by atoms with Crippen molar-refractivity contribution in [2.24, 2.45) is 0 Å². The molecule has 0 saturated carbocycles. The van der Waals surface area contributed by atoms with Gasteiger partial charge in [-0.1, -0.05) is 11.8 Å². The number of hydrogen-bond acceptors (Lipinski definition) is 8. The lowest BCUT2D eigenvalue weighted by molar-refractivity contribution is -0.120. The van der Waals surface area contributed by atoms with E-state index < -0.39 is 0 Å². The molecule has 0 radical (unpaired) electrons. The summed E-state index contributed by atoms with van der Waals surface area (Å²) < 4.78 is 12.4. The Bertz CT molecular complexity index is 914. The van der Waals surface area contributed by atoms with Crippen LogP contribution < -0.4 is 5.32 Å². The highest BCUT2D eigenvalue weighted by Crippen LogP contribution is 2.31. The topological polar surface area (TPSA) is 92.4 Å². The van der Waals surface area contributed by atoms with Crippen molar-refractivity contribution in [2.45, 2.75) is 16.8 Å². The van der Waals surface area contributed by atoms with E-state index >= 15 is 0 Å². The lowest BCUT2D eigenvalue weighted by Gasteiger charge is -2.22. The van der Waals surface area contributed by atoms with E-state index in [9.17, 15) is 4.79 Å². The van der Waals surface area contributed by atoms with Gasteiger partial charge >= 0.3 is 0 Å². The van der Waals surface area contributed by atoms with Gasteiger partial charge in [-0.05, 0) is 32.3 Å². The number of carbonyl (C=O) groups excluding carboxylic acids is 1. The second kappa shape index (κ2) is 10.7. The van der Waals surface area contributed by atoms with Crippen molar-refractivity contribution in [3.63, 3.8) is 0 Å². The average molecular weight is 436 g/mol. The van der Waals surface area contributed by atoms with Crippen molar-refractivity contribution in [3.05, 3.63) is 36.4 Å². The second-order valence-electron chi connectivity index (χ2n) is 6.58. The van der Waals surface area contributed by atoms with Crippen LogP contribution in [0.1, 0.15) is 5.69 Å². The summed E-state index contributed by atoms with van der Waals surface area (Å²) in [5.41, 5.74) is 2.59. The van der Waals surface area contributed by atoms with Gasteiger partial charge in [0.15, 0.2) is 4.34 Å². The van der Waals surface area contributed by atoms with Gasteiger partial charge in [-0.25, -0.2) is 9.97 Å². The molecule has 0 saturated heterocycles. The van der Waals surface area contributed by atoms with Gasteiger partial charge in [0.05, 0.1) is 41.7 Å². The summed E-state index contributed by atoms with van der Waals surface area (Å²) in [4.78, 5) is 26.4. The Morgan fingerprint density at radius 2 is 2.24 bits per heavy atom. The van der Waals surface area contributed by atoms with Gasteiger partial charge in [0, 0.05) is 31.1 Å². The molecule has 156 valence electrons. The Labute approximate surface area is 178 Å². The van der Waals surface area contributed by atoms with Crippen LogP contribution in [0.5, 0.6) is 0 Å². The molecule has 1 atom stereocenters. The molecule has 1 unspecified atom stereocenters. The molecular weight excluding hydrogens is 410 g/mol. The van der Waals surface area contributed by atoms with E-state index in [0.29, 0.717) is 25.6 Å². The molecule has 1 aromatic carbocycles. The van der Waals surface area contributed by atoms with Crippen LogP contribution in [0.25, 0.3) is 10.2 Å². The first-order chi connectivity index (χ1) is 14.1. The molecule has 10 heteroatoms. The Kier molecular flexibility index (Phi) is 8.01. The SMILES string of the molecule is COCCOCSc1nc2ccc(NC(=O)C(Cc3cnc[nH]3)N(C)C)cc2s1. The lowest BCUT2D eigenvalue weighted by Crippen LogP contribution is -2.41. The van der Waals surface area contributed by atoms with Crippen LogP contribution in [-0.4, -0.2) is 72.2 Å². The number of fused-ring (bicyclic) bond motifs is 1. The van der Waals surface area contributed by atoms with Gasteiger partial charge in [-0.3, -0.25) is 9.69 Å². The Balaban J connectivity index is 1.62. The molecule has 0 aliphatic carbocycles.